The smallest absolute Gasteiger partial charge is 0.388 e. The third kappa shape index (κ3) is 5.21. The van der Waals surface area contributed by atoms with Crippen LogP contribution in [0.5, 0.6) is 5.88 Å². The lowest BCUT2D eigenvalue weighted by molar-refractivity contribution is -0.135. The van der Waals surface area contributed by atoms with E-state index in [2.05, 4.69) is 16.1 Å². The number of hydrogen-bond donors (Lipinski definition) is 0. The summed E-state index contributed by atoms with van der Waals surface area (Å²) in [6.45, 7) is 0.520. The van der Waals surface area contributed by atoms with Crippen molar-refractivity contribution in [3.05, 3.63) is 38.6 Å². The van der Waals surface area contributed by atoms with Gasteiger partial charge >= 0.3 is 12.6 Å². The van der Waals surface area contributed by atoms with Gasteiger partial charge in [0.15, 0.2) is 0 Å². The zero-order chi connectivity index (χ0) is 22.1. The van der Waals surface area contributed by atoms with Gasteiger partial charge in [0.25, 0.3) is 0 Å². The van der Waals surface area contributed by atoms with Gasteiger partial charge < -0.3 is 9.47 Å². The predicted molar refractivity (Wildman–Crippen MR) is 116 cm³/mol. The van der Waals surface area contributed by atoms with E-state index in [0.29, 0.717) is 21.5 Å². The monoisotopic (exact) mass is 464 g/mol. The van der Waals surface area contributed by atoms with Crippen LogP contribution in [0, 0.1) is 6.92 Å². The van der Waals surface area contributed by atoms with Gasteiger partial charge in [0.2, 0.25) is 5.88 Å². The van der Waals surface area contributed by atoms with Gasteiger partial charge in [-0.05, 0) is 49.6 Å². The van der Waals surface area contributed by atoms with Crippen LogP contribution in [0.15, 0.2) is 17.4 Å². The van der Waals surface area contributed by atoms with Crippen molar-refractivity contribution >= 4 is 48.4 Å². The van der Waals surface area contributed by atoms with Crippen molar-refractivity contribution in [3.63, 3.8) is 0 Å². The molecule has 2 rings (SSSR count). The molecule has 0 aliphatic heterocycles. The summed E-state index contributed by atoms with van der Waals surface area (Å²) in [5.41, 5.74) is 2.08. The van der Waals surface area contributed by atoms with Crippen molar-refractivity contribution < 1.29 is 23.0 Å². The van der Waals surface area contributed by atoms with Gasteiger partial charge in [-0.1, -0.05) is 36.4 Å². The Hall–Kier alpha value is -1.82. The second-order valence-corrected chi connectivity index (χ2v) is 11.5. The van der Waals surface area contributed by atoms with Gasteiger partial charge in [-0.15, -0.1) is 0 Å². The van der Waals surface area contributed by atoms with E-state index in [9.17, 15) is 13.6 Å². The van der Waals surface area contributed by atoms with Crippen LogP contribution in [0.4, 0.5) is 8.78 Å². The molecular weight excluding hydrogens is 444 g/mol. The standard InChI is InChI=1S/C19H21Cl2F2N2O3P/c1-10-7-13(20)11(9-14(18(26)27-3)29(4,5)6)8-12(10)16-15(21)17(25(2)24-16)28-19(22)23/h7-9,19H,4H2,1-3,5-6H3/b14-9+. The fourth-order valence-electron chi connectivity index (χ4n) is 2.65. The first-order valence-electron chi connectivity index (χ1n) is 8.33. The number of aryl methyl sites for hydroxylation is 2. The summed E-state index contributed by atoms with van der Waals surface area (Å²) in [4.78, 5) is 12.2. The molecule has 0 unspecified atom stereocenters. The van der Waals surface area contributed by atoms with Crippen LogP contribution in [0.1, 0.15) is 11.1 Å². The number of rotatable bonds is 6. The van der Waals surface area contributed by atoms with E-state index in [1.807, 2.05) is 13.3 Å². The minimum absolute atomic E-state index is 0.0497. The number of hydrogen-bond acceptors (Lipinski definition) is 4. The van der Waals surface area contributed by atoms with E-state index in [4.69, 9.17) is 27.9 Å². The van der Waals surface area contributed by atoms with Crippen LogP contribution in [-0.4, -0.2) is 49.1 Å². The molecule has 1 heterocycles. The first-order valence-corrected chi connectivity index (χ1v) is 12.0. The Bertz CT molecular complexity index is 1030. The molecule has 0 bridgehead atoms. The molecule has 0 amide bonds. The molecule has 0 radical (unpaired) electrons. The van der Waals surface area contributed by atoms with Crippen LogP contribution < -0.4 is 4.74 Å². The topological polar surface area (TPSA) is 53.4 Å². The number of ether oxygens (including phenoxy) is 2. The van der Waals surface area contributed by atoms with Gasteiger partial charge in [-0.25, -0.2) is 9.48 Å². The normalized spacial score (nSPS) is 12.4. The third-order valence-electron chi connectivity index (χ3n) is 4.08. The number of aromatic nitrogens is 2. The number of esters is 1. The molecule has 0 spiro atoms. The fraction of sp³-hybridized carbons (Fsp3) is 0.316. The molecule has 0 saturated heterocycles. The van der Waals surface area contributed by atoms with E-state index < -0.39 is 19.5 Å². The average molecular weight is 465 g/mol. The molecule has 0 N–H and O–H groups in total. The van der Waals surface area contributed by atoms with Gasteiger partial charge in [0, 0.05) is 17.6 Å². The minimum Gasteiger partial charge on any atom is -0.465 e. The van der Waals surface area contributed by atoms with E-state index in [0.717, 1.165) is 10.2 Å². The van der Waals surface area contributed by atoms with Crippen molar-refractivity contribution in [3.8, 4) is 17.1 Å². The Morgan fingerprint density at radius 1 is 1.34 bits per heavy atom. The number of carbonyl (C=O) groups excluding carboxylic acids is 1. The molecule has 1 aromatic heterocycles. The highest BCUT2D eigenvalue weighted by Crippen LogP contribution is 2.48. The molecule has 29 heavy (non-hydrogen) atoms. The fourth-order valence-corrected chi connectivity index (χ4v) is 4.31. The molecule has 10 heteroatoms. The maximum Gasteiger partial charge on any atom is 0.388 e. The second-order valence-electron chi connectivity index (χ2n) is 6.86. The van der Waals surface area contributed by atoms with Crippen molar-refractivity contribution in [2.45, 2.75) is 13.5 Å². The number of benzene rings is 1. The van der Waals surface area contributed by atoms with E-state index in [1.165, 1.54) is 14.2 Å². The zero-order valence-electron chi connectivity index (χ0n) is 16.6. The summed E-state index contributed by atoms with van der Waals surface area (Å²) in [6.07, 6.45) is 5.73. The highest BCUT2D eigenvalue weighted by Gasteiger charge is 2.23. The van der Waals surface area contributed by atoms with Crippen LogP contribution in [0.3, 0.4) is 0 Å². The number of nitrogens with zero attached hydrogens (tertiary/aromatic N) is 2. The Balaban J connectivity index is 2.69. The summed E-state index contributed by atoms with van der Waals surface area (Å²) < 4.78 is 35.8. The third-order valence-corrected chi connectivity index (χ3v) is 6.36. The summed E-state index contributed by atoms with van der Waals surface area (Å²) in [6, 6.07) is 3.38. The molecule has 0 fully saturated rings. The van der Waals surface area contributed by atoms with Crippen molar-refractivity contribution in [2.75, 3.05) is 20.4 Å². The Morgan fingerprint density at radius 3 is 2.48 bits per heavy atom. The molecule has 0 saturated carbocycles. The van der Waals surface area contributed by atoms with Crippen molar-refractivity contribution in [1.82, 2.24) is 9.78 Å². The SMILES string of the molecule is C=P(C)(C)/C(=C/c1cc(-c2nn(C)c(OC(F)F)c2Cl)c(C)cc1Cl)C(=O)OC. The molecule has 0 atom stereocenters. The quantitative estimate of drug-likeness (QED) is 0.320. The highest BCUT2D eigenvalue weighted by molar-refractivity contribution is 7.77. The minimum atomic E-state index is -3.04. The lowest BCUT2D eigenvalue weighted by Gasteiger charge is -2.16. The first-order chi connectivity index (χ1) is 13.4. The van der Waals surface area contributed by atoms with E-state index in [-0.39, 0.29) is 16.6 Å². The first kappa shape index (κ1) is 23.5. The Kier molecular flexibility index (Phi) is 7.20. The van der Waals surface area contributed by atoms with Gasteiger partial charge in [-0.3, -0.25) is 0 Å². The van der Waals surface area contributed by atoms with Crippen LogP contribution in [0.2, 0.25) is 10.0 Å². The number of methoxy groups -OCH3 is 1. The zero-order valence-corrected chi connectivity index (χ0v) is 19.0. The largest absolute Gasteiger partial charge is 0.465 e. The summed E-state index contributed by atoms with van der Waals surface area (Å²) in [5, 5.41) is 4.98. The van der Waals surface area contributed by atoms with Crippen LogP contribution in [-0.2, 0) is 16.6 Å². The predicted octanol–water partition coefficient (Wildman–Crippen LogP) is 5.53. The molecule has 1 aromatic carbocycles. The number of halogens is 4. The Morgan fingerprint density at radius 2 is 1.97 bits per heavy atom. The maximum atomic E-state index is 12.7. The van der Waals surface area contributed by atoms with Gasteiger partial charge in [-0.2, -0.15) is 13.9 Å². The molecule has 2 aromatic rings. The molecule has 0 aliphatic carbocycles. The lowest BCUT2D eigenvalue weighted by atomic mass is 10.0. The molecule has 158 valence electrons. The van der Waals surface area contributed by atoms with E-state index >= 15 is 0 Å². The van der Waals surface area contributed by atoms with Crippen LogP contribution >= 0.6 is 30.1 Å². The molecule has 5 nitrogen and oxygen atoms in total. The van der Waals surface area contributed by atoms with E-state index in [1.54, 1.807) is 25.1 Å². The summed E-state index contributed by atoms with van der Waals surface area (Å²) >= 11 is 12.6. The lowest BCUT2D eigenvalue weighted by Crippen LogP contribution is -2.06. The number of carbonyl (C=O) groups is 1. The second kappa shape index (κ2) is 8.90. The number of alkyl halides is 2. The maximum absolute atomic E-state index is 12.7. The molecular formula is C19H21Cl2F2N2O3P. The van der Waals surface area contributed by atoms with Gasteiger partial charge in [0.1, 0.15) is 10.7 Å². The Labute approximate surface area is 178 Å². The van der Waals surface area contributed by atoms with Crippen molar-refractivity contribution in [1.29, 1.82) is 0 Å². The van der Waals surface area contributed by atoms with Crippen molar-refractivity contribution in [2.24, 2.45) is 7.05 Å². The van der Waals surface area contributed by atoms with Gasteiger partial charge in [0.05, 0.1) is 12.4 Å². The summed E-state index contributed by atoms with van der Waals surface area (Å²) in [7, 11) is 2.75. The molecule has 0 aliphatic rings. The summed E-state index contributed by atoms with van der Waals surface area (Å²) in [5.74, 6) is -0.733. The average Bonchev–Trinajstić information content (AvgIpc) is 2.87. The van der Waals surface area contributed by atoms with Crippen LogP contribution in [0.25, 0.3) is 17.3 Å². The highest BCUT2D eigenvalue weighted by atomic mass is 35.5.